The van der Waals surface area contributed by atoms with Crippen molar-refractivity contribution in [3.05, 3.63) is 29.8 Å². The number of nitrogens with zero attached hydrogens (tertiary/aromatic N) is 2. The summed E-state index contributed by atoms with van der Waals surface area (Å²) in [5.41, 5.74) is 2.04. The monoisotopic (exact) mass is 345 g/mol. The van der Waals surface area contributed by atoms with Gasteiger partial charge in [0.15, 0.2) is 0 Å². The Morgan fingerprint density at radius 2 is 2.17 bits per heavy atom. The molecule has 5 nitrogen and oxygen atoms in total. The molecule has 1 amide bonds. The molecule has 2 atom stereocenters. The maximum atomic E-state index is 12.1. The van der Waals surface area contributed by atoms with E-state index in [4.69, 9.17) is 4.42 Å². The molecule has 2 aromatic rings. The van der Waals surface area contributed by atoms with Crippen LogP contribution in [-0.2, 0) is 4.79 Å². The molecule has 1 aromatic heterocycles. The van der Waals surface area contributed by atoms with Crippen LogP contribution < -0.4 is 5.32 Å². The molecular formula is C18H23N3O2S. The Labute approximate surface area is 146 Å². The zero-order valence-electron chi connectivity index (χ0n) is 14.1. The Morgan fingerprint density at radius 1 is 1.33 bits per heavy atom. The summed E-state index contributed by atoms with van der Waals surface area (Å²) in [5, 5.41) is 11.7. The second-order valence-electron chi connectivity index (χ2n) is 6.47. The van der Waals surface area contributed by atoms with E-state index in [1.165, 1.54) is 31.0 Å². The van der Waals surface area contributed by atoms with E-state index in [1.54, 1.807) is 0 Å². The smallest absolute Gasteiger partial charge is 0.277 e. The van der Waals surface area contributed by atoms with Crippen molar-refractivity contribution in [3.8, 4) is 11.5 Å². The van der Waals surface area contributed by atoms with E-state index < -0.39 is 0 Å². The van der Waals surface area contributed by atoms with E-state index in [2.05, 4.69) is 22.4 Å². The molecule has 0 aliphatic heterocycles. The van der Waals surface area contributed by atoms with Gasteiger partial charge in [-0.3, -0.25) is 4.79 Å². The van der Waals surface area contributed by atoms with Crippen molar-refractivity contribution in [1.29, 1.82) is 0 Å². The van der Waals surface area contributed by atoms with Crippen LogP contribution in [0.3, 0.4) is 0 Å². The Hall–Kier alpha value is -1.82. The molecule has 1 heterocycles. The van der Waals surface area contributed by atoms with E-state index in [0.29, 0.717) is 28.8 Å². The lowest BCUT2D eigenvalue weighted by molar-refractivity contribution is -0.119. The van der Waals surface area contributed by atoms with Crippen LogP contribution in [0.15, 0.2) is 33.9 Å². The molecule has 0 spiro atoms. The SMILES string of the molecule is Cc1cccc(-c2nnc(SCC(=O)N[C@@H]3CCCC[C@@H]3C)o2)c1. The Kier molecular flexibility index (Phi) is 5.56. The second kappa shape index (κ2) is 7.83. The molecule has 0 bridgehead atoms. The number of amides is 1. The summed E-state index contributed by atoms with van der Waals surface area (Å²) in [4.78, 5) is 12.1. The van der Waals surface area contributed by atoms with E-state index in [0.717, 1.165) is 17.5 Å². The largest absolute Gasteiger partial charge is 0.411 e. The highest BCUT2D eigenvalue weighted by Gasteiger charge is 2.23. The zero-order chi connectivity index (χ0) is 16.9. The van der Waals surface area contributed by atoms with Gasteiger partial charge in [0.1, 0.15) is 0 Å². The maximum Gasteiger partial charge on any atom is 0.277 e. The van der Waals surface area contributed by atoms with E-state index >= 15 is 0 Å². The van der Waals surface area contributed by atoms with Crippen LogP contribution in [0.2, 0.25) is 0 Å². The van der Waals surface area contributed by atoms with Crippen LogP contribution in [-0.4, -0.2) is 27.9 Å². The summed E-state index contributed by atoms with van der Waals surface area (Å²) in [6, 6.07) is 8.22. The molecule has 24 heavy (non-hydrogen) atoms. The molecule has 0 radical (unpaired) electrons. The van der Waals surface area contributed by atoms with Crippen molar-refractivity contribution in [2.75, 3.05) is 5.75 Å². The molecule has 1 aliphatic carbocycles. The lowest BCUT2D eigenvalue weighted by Gasteiger charge is -2.29. The van der Waals surface area contributed by atoms with Gasteiger partial charge >= 0.3 is 0 Å². The highest BCUT2D eigenvalue weighted by atomic mass is 32.2. The van der Waals surface area contributed by atoms with Gasteiger partial charge in [0.05, 0.1) is 5.75 Å². The number of rotatable bonds is 5. The summed E-state index contributed by atoms with van der Waals surface area (Å²) in [5.74, 6) is 1.39. The van der Waals surface area contributed by atoms with E-state index in [-0.39, 0.29) is 5.91 Å². The van der Waals surface area contributed by atoms with Gasteiger partial charge in [-0.15, -0.1) is 10.2 Å². The lowest BCUT2D eigenvalue weighted by Crippen LogP contribution is -2.41. The number of nitrogens with one attached hydrogen (secondary N) is 1. The summed E-state index contributed by atoms with van der Waals surface area (Å²) < 4.78 is 5.65. The number of thioether (sulfide) groups is 1. The molecular weight excluding hydrogens is 322 g/mol. The van der Waals surface area contributed by atoms with Crippen molar-refractivity contribution in [2.45, 2.75) is 50.8 Å². The second-order valence-corrected chi connectivity index (χ2v) is 7.39. The third kappa shape index (κ3) is 4.38. The minimum Gasteiger partial charge on any atom is -0.411 e. The van der Waals surface area contributed by atoms with Crippen LogP contribution in [0.4, 0.5) is 0 Å². The van der Waals surface area contributed by atoms with Crippen LogP contribution in [0.1, 0.15) is 38.2 Å². The van der Waals surface area contributed by atoms with Crippen LogP contribution in [0.5, 0.6) is 0 Å². The molecule has 1 N–H and O–H groups in total. The number of carbonyl (C=O) groups is 1. The molecule has 1 saturated carbocycles. The normalized spacial score (nSPS) is 20.8. The molecule has 1 aromatic carbocycles. The fourth-order valence-electron chi connectivity index (χ4n) is 3.07. The first kappa shape index (κ1) is 17.0. The average Bonchev–Trinajstić information content (AvgIpc) is 3.04. The first-order valence-electron chi connectivity index (χ1n) is 8.44. The molecule has 1 aliphatic rings. The lowest BCUT2D eigenvalue weighted by atomic mass is 9.86. The highest BCUT2D eigenvalue weighted by Crippen LogP contribution is 2.25. The Balaban J connectivity index is 1.52. The number of aryl methyl sites for hydroxylation is 1. The fourth-order valence-corrected chi connectivity index (χ4v) is 3.64. The van der Waals surface area contributed by atoms with Crippen molar-refractivity contribution < 1.29 is 9.21 Å². The molecule has 0 unspecified atom stereocenters. The van der Waals surface area contributed by atoms with Gasteiger partial charge < -0.3 is 9.73 Å². The molecule has 3 rings (SSSR count). The Bertz CT molecular complexity index is 701. The quantitative estimate of drug-likeness (QED) is 0.834. The van der Waals surface area contributed by atoms with Gasteiger partial charge in [-0.25, -0.2) is 0 Å². The molecule has 0 saturated heterocycles. The average molecular weight is 345 g/mol. The summed E-state index contributed by atoms with van der Waals surface area (Å²) in [7, 11) is 0. The van der Waals surface area contributed by atoms with Gasteiger partial charge in [0, 0.05) is 11.6 Å². The Morgan fingerprint density at radius 3 is 2.96 bits per heavy atom. The van der Waals surface area contributed by atoms with E-state index in [1.807, 2.05) is 31.2 Å². The van der Waals surface area contributed by atoms with Gasteiger partial charge in [0.25, 0.3) is 5.22 Å². The number of hydrogen-bond donors (Lipinski definition) is 1. The van der Waals surface area contributed by atoms with Crippen molar-refractivity contribution in [1.82, 2.24) is 15.5 Å². The molecule has 1 fully saturated rings. The topological polar surface area (TPSA) is 68.0 Å². The van der Waals surface area contributed by atoms with Crippen LogP contribution in [0, 0.1) is 12.8 Å². The van der Waals surface area contributed by atoms with Gasteiger partial charge in [0.2, 0.25) is 11.8 Å². The highest BCUT2D eigenvalue weighted by molar-refractivity contribution is 7.99. The maximum absolute atomic E-state index is 12.1. The third-order valence-corrected chi connectivity index (χ3v) is 5.27. The number of aromatic nitrogens is 2. The van der Waals surface area contributed by atoms with Gasteiger partial charge in [-0.1, -0.05) is 49.2 Å². The summed E-state index contributed by atoms with van der Waals surface area (Å²) in [6.45, 7) is 4.23. The number of carbonyl (C=O) groups excluding carboxylic acids is 1. The number of hydrogen-bond acceptors (Lipinski definition) is 5. The summed E-state index contributed by atoms with van der Waals surface area (Å²) in [6.07, 6.45) is 4.75. The fraction of sp³-hybridized carbons (Fsp3) is 0.500. The standard InChI is InChI=1S/C18H23N3O2S/c1-12-6-5-8-14(10-12)17-20-21-18(23-17)24-11-16(22)19-15-9-4-3-7-13(15)2/h5-6,8,10,13,15H,3-4,7,9,11H2,1-2H3,(H,19,22)/t13-,15+/m0/s1. The van der Waals surface area contributed by atoms with Crippen molar-refractivity contribution >= 4 is 17.7 Å². The van der Waals surface area contributed by atoms with Crippen LogP contribution >= 0.6 is 11.8 Å². The predicted molar refractivity (Wildman–Crippen MR) is 94.8 cm³/mol. The minimum atomic E-state index is 0.0362. The third-order valence-electron chi connectivity index (χ3n) is 4.46. The van der Waals surface area contributed by atoms with E-state index in [9.17, 15) is 4.79 Å². The first-order valence-corrected chi connectivity index (χ1v) is 9.43. The minimum absolute atomic E-state index is 0.0362. The zero-order valence-corrected chi connectivity index (χ0v) is 14.9. The molecule has 128 valence electrons. The first-order chi connectivity index (χ1) is 11.6. The molecule has 6 heteroatoms. The number of benzene rings is 1. The van der Waals surface area contributed by atoms with Gasteiger partial charge in [-0.05, 0) is 37.8 Å². The van der Waals surface area contributed by atoms with Crippen LogP contribution in [0.25, 0.3) is 11.5 Å². The van der Waals surface area contributed by atoms with Crippen molar-refractivity contribution in [3.63, 3.8) is 0 Å². The van der Waals surface area contributed by atoms with Crippen molar-refractivity contribution in [2.24, 2.45) is 5.92 Å². The van der Waals surface area contributed by atoms with Gasteiger partial charge in [-0.2, -0.15) is 0 Å². The summed E-state index contributed by atoms with van der Waals surface area (Å²) >= 11 is 1.29. The predicted octanol–water partition coefficient (Wildman–Crippen LogP) is 3.83.